The van der Waals surface area contributed by atoms with Gasteiger partial charge in [-0.25, -0.2) is 4.79 Å². The minimum atomic E-state index is -4.78. The highest BCUT2D eigenvalue weighted by molar-refractivity contribution is 5.89. The van der Waals surface area contributed by atoms with E-state index in [0.29, 0.717) is 12.2 Å². The zero-order valence-electron chi connectivity index (χ0n) is 20.0. The van der Waals surface area contributed by atoms with E-state index >= 15 is 0 Å². The molecule has 37 heavy (non-hydrogen) atoms. The molecule has 0 bridgehead atoms. The number of carbonyl (C=O) groups is 1. The number of nitrogens with zero attached hydrogens (tertiary/aromatic N) is 1. The number of carbonyl (C=O) groups excluding carboxylic acids is 1. The van der Waals surface area contributed by atoms with Crippen molar-refractivity contribution < 1.29 is 27.4 Å². The Hall–Kier alpha value is -4.11. The number of hydrogen-bond acceptors (Lipinski definition) is 4. The van der Waals surface area contributed by atoms with Crippen molar-refractivity contribution >= 4 is 11.7 Å². The van der Waals surface area contributed by atoms with Crippen molar-refractivity contribution in [3.63, 3.8) is 0 Å². The molecule has 2 unspecified atom stereocenters. The van der Waals surface area contributed by atoms with Crippen LogP contribution in [0.1, 0.15) is 23.6 Å². The van der Waals surface area contributed by atoms with Crippen molar-refractivity contribution in [2.75, 3.05) is 5.32 Å². The molecule has 0 saturated heterocycles. The predicted octanol–water partition coefficient (Wildman–Crippen LogP) is 6.24. The number of nitrogens with one attached hydrogen (secondary N) is 2. The predicted molar refractivity (Wildman–Crippen MR) is 133 cm³/mol. The highest BCUT2D eigenvalue weighted by atomic mass is 19.4. The first-order chi connectivity index (χ1) is 17.7. The molecule has 0 radical (unpaired) electrons. The Morgan fingerprint density at radius 2 is 1.78 bits per heavy atom. The van der Waals surface area contributed by atoms with Gasteiger partial charge in [0.05, 0.1) is 12.7 Å². The molecule has 4 rings (SSSR count). The topological polar surface area (TPSA) is 72.5 Å². The van der Waals surface area contributed by atoms with E-state index in [4.69, 9.17) is 4.74 Å². The fourth-order valence-electron chi connectivity index (χ4n) is 4.01. The van der Waals surface area contributed by atoms with Gasteiger partial charge in [0, 0.05) is 30.0 Å². The third-order valence-corrected chi connectivity index (χ3v) is 5.92. The van der Waals surface area contributed by atoms with Crippen LogP contribution in [-0.2, 0) is 28.0 Å². The van der Waals surface area contributed by atoms with Crippen LogP contribution in [0.25, 0.3) is 0 Å². The average molecular weight is 510 g/mol. The van der Waals surface area contributed by atoms with E-state index in [-0.39, 0.29) is 18.4 Å². The van der Waals surface area contributed by atoms with Gasteiger partial charge in [0.25, 0.3) is 0 Å². The highest BCUT2D eigenvalue weighted by Gasteiger charge is 2.39. The summed E-state index contributed by atoms with van der Waals surface area (Å²) in [7, 11) is 0. The maximum atomic E-state index is 12.8. The molecule has 0 aliphatic heterocycles. The number of urea groups is 1. The quantitative estimate of drug-likeness (QED) is 0.377. The van der Waals surface area contributed by atoms with Crippen LogP contribution < -0.4 is 10.6 Å². The number of allylic oxidation sites excluding steroid dienone is 1. The van der Waals surface area contributed by atoms with Gasteiger partial charge in [-0.15, -0.1) is 13.2 Å². The third-order valence-electron chi connectivity index (χ3n) is 5.92. The maximum Gasteiger partial charge on any atom is 0.573 e. The fourth-order valence-corrected chi connectivity index (χ4v) is 4.01. The SMILES string of the molecule is CC1(c2ccccc2)C=C(OC(F)(F)F)C=CC1OCc1ccc(NC(=O)NCc2cccnc2)cc1. The molecular weight excluding hydrogens is 483 g/mol. The van der Waals surface area contributed by atoms with Crippen LogP contribution in [0, 0.1) is 0 Å². The van der Waals surface area contributed by atoms with Crippen LogP contribution in [0.4, 0.5) is 23.7 Å². The number of ether oxygens (including phenoxy) is 2. The minimum Gasteiger partial charge on any atom is -0.406 e. The van der Waals surface area contributed by atoms with Crippen LogP contribution in [0.3, 0.4) is 0 Å². The number of halogens is 3. The number of alkyl halides is 3. The van der Waals surface area contributed by atoms with Crippen molar-refractivity contribution in [1.82, 2.24) is 10.3 Å². The van der Waals surface area contributed by atoms with Crippen molar-refractivity contribution in [3.8, 4) is 0 Å². The van der Waals surface area contributed by atoms with Gasteiger partial charge in [0.2, 0.25) is 0 Å². The van der Waals surface area contributed by atoms with Gasteiger partial charge in [0.15, 0.2) is 0 Å². The summed E-state index contributed by atoms with van der Waals surface area (Å²) in [5, 5.41) is 5.53. The number of amides is 2. The minimum absolute atomic E-state index is 0.216. The number of anilines is 1. The van der Waals surface area contributed by atoms with Gasteiger partial charge in [-0.05, 0) is 54.0 Å². The van der Waals surface area contributed by atoms with E-state index in [1.54, 1.807) is 36.7 Å². The summed E-state index contributed by atoms with van der Waals surface area (Å²) >= 11 is 0. The van der Waals surface area contributed by atoms with E-state index in [9.17, 15) is 18.0 Å². The lowest BCUT2D eigenvalue weighted by Gasteiger charge is -2.36. The second-order valence-corrected chi connectivity index (χ2v) is 8.70. The Morgan fingerprint density at radius 1 is 1.03 bits per heavy atom. The molecule has 0 saturated carbocycles. The monoisotopic (exact) mass is 509 g/mol. The summed E-state index contributed by atoms with van der Waals surface area (Å²) in [6, 6.07) is 19.6. The lowest BCUT2D eigenvalue weighted by Crippen LogP contribution is -2.38. The molecule has 2 atom stereocenters. The second-order valence-electron chi connectivity index (χ2n) is 8.70. The highest BCUT2D eigenvalue weighted by Crippen LogP contribution is 2.38. The van der Waals surface area contributed by atoms with Gasteiger partial charge in [-0.1, -0.05) is 54.6 Å². The van der Waals surface area contributed by atoms with Crippen LogP contribution in [0.15, 0.2) is 103 Å². The standard InChI is InChI=1S/C28H26F3N3O3/c1-27(22-7-3-2-4-8-22)16-24(37-28(29,30)31)13-14-25(27)36-19-20-9-11-23(12-10-20)34-26(35)33-18-21-6-5-15-32-17-21/h2-17,25H,18-19H2,1H3,(H2,33,34,35). The van der Waals surface area contributed by atoms with Crippen molar-refractivity contribution in [3.05, 3.63) is 120 Å². The number of aromatic nitrogens is 1. The van der Waals surface area contributed by atoms with Crippen LogP contribution in [0.5, 0.6) is 0 Å². The lowest BCUT2D eigenvalue weighted by atomic mass is 9.74. The number of hydrogen-bond donors (Lipinski definition) is 2. The molecule has 192 valence electrons. The largest absolute Gasteiger partial charge is 0.573 e. The first-order valence-corrected chi connectivity index (χ1v) is 11.6. The molecule has 1 aliphatic carbocycles. The Bertz CT molecular complexity index is 1250. The number of benzene rings is 2. The summed E-state index contributed by atoms with van der Waals surface area (Å²) in [6.07, 6.45) is 2.32. The van der Waals surface area contributed by atoms with Gasteiger partial charge in [-0.2, -0.15) is 0 Å². The van der Waals surface area contributed by atoms with Crippen molar-refractivity contribution in [2.45, 2.75) is 38.0 Å². The number of rotatable bonds is 8. The van der Waals surface area contributed by atoms with Gasteiger partial charge < -0.3 is 20.1 Å². The molecule has 0 spiro atoms. The molecule has 1 heterocycles. The molecule has 1 aliphatic rings. The van der Waals surface area contributed by atoms with Crippen molar-refractivity contribution in [1.29, 1.82) is 0 Å². The molecule has 2 N–H and O–H groups in total. The van der Waals surface area contributed by atoms with E-state index in [2.05, 4.69) is 20.4 Å². The summed E-state index contributed by atoms with van der Waals surface area (Å²) in [4.78, 5) is 16.2. The van der Waals surface area contributed by atoms with E-state index in [0.717, 1.165) is 16.7 Å². The normalized spacial score (nSPS) is 19.1. The van der Waals surface area contributed by atoms with E-state index in [1.165, 1.54) is 12.2 Å². The second kappa shape index (κ2) is 11.3. The van der Waals surface area contributed by atoms with Crippen LogP contribution >= 0.6 is 0 Å². The molecular formula is C28H26F3N3O3. The Balaban J connectivity index is 1.37. The van der Waals surface area contributed by atoms with E-state index in [1.807, 2.05) is 55.5 Å². The molecule has 9 heteroatoms. The maximum absolute atomic E-state index is 12.8. The van der Waals surface area contributed by atoms with Gasteiger partial charge in [-0.3, -0.25) is 4.98 Å². The molecule has 1 aromatic heterocycles. The summed E-state index contributed by atoms with van der Waals surface area (Å²) < 4.78 is 48.8. The Kier molecular flexibility index (Phi) is 7.93. The smallest absolute Gasteiger partial charge is 0.406 e. The Labute approximate surface area is 212 Å². The summed E-state index contributed by atoms with van der Waals surface area (Å²) in [5.74, 6) is -0.282. The third kappa shape index (κ3) is 7.20. The van der Waals surface area contributed by atoms with Gasteiger partial charge in [0.1, 0.15) is 5.76 Å². The average Bonchev–Trinajstić information content (AvgIpc) is 2.88. The molecule has 6 nitrogen and oxygen atoms in total. The first kappa shape index (κ1) is 26.0. The number of pyridine rings is 1. The Morgan fingerprint density at radius 3 is 2.46 bits per heavy atom. The van der Waals surface area contributed by atoms with Gasteiger partial charge >= 0.3 is 12.4 Å². The zero-order chi connectivity index (χ0) is 26.3. The molecule has 3 aromatic rings. The van der Waals surface area contributed by atoms with E-state index < -0.39 is 17.9 Å². The summed E-state index contributed by atoms with van der Waals surface area (Å²) in [6.45, 7) is 2.38. The molecule has 2 amide bonds. The van der Waals surface area contributed by atoms with Crippen LogP contribution in [-0.4, -0.2) is 23.5 Å². The summed E-state index contributed by atoms with van der Waals surface area (Å²) in [5.41, 5.74) is 2.24. The van der Waals surface area contributed by atoms with Crippen molar-refractivity contribution in [2.24, 2.45) is 0 Å². The van der Waals surface area contributed by atoms with Crippen LogP contribution in [0.2, 0.25) is 0 Å². The first-order valence-electron chi connectivity index (χ1n) is 11.6. The zero-order valence-corrected chi connectivity index (χ0v) is 20.0. The molecule has 0 fully saturated rings. The molecule has 2 aromatic carbocycles. The fraction of sp³-hybridized carbons (Fsp3) is 0.214. The lowest BCUT2D eigenvalue weighted by molar-refractivity contribution is -0.303.